The molecule has 2 saturated heterocycles. The van der Waals surface area contributed by atoms with Gasteiger partial charge in [-0.2, -0.15) is 23.9 Å². The Kier molecular flexibility index (Phi) is 7.71. The van der Waals surface area contributed by atoms with Gasteiger partial charge in [0.1, 0.15) is 11.0 Å². The van der Waals surface area contributed by atoms with E-state index in [1.54, 1.807) is 39.0 Å². The average Bonchev–Trinajstić information content (AvgIpc) is 3.23. The molecule has 6 nitrogen and oxygen atoms in total. The van der Waals surface area contributed by atoms with E-state index in [0.29, 0.717) is 15.6 Å². The van der Waals surface area contributed by atoms with Gasteiger partial charge in [-0.05, 0) is 55.7 Å². The molecule has 2 aliphatic rings. The standard InChI is InChI=1S/C25H22BrCl3F3N3O3/c1-22(2,3)37-21(36)35-11-23(10-33,12-35)15-5-4-13(6-16(15)26)19-9-24(38-34-19,25(30,31)32)14-7-17(27)20(29)18(28)8-14/h4-8,19,34H,9,11-12H2,1-3H3. The Hall–Kier alpha value is -1.74. The van der Waals surface area contributed by atoms with Crippen LogP contribution in [0.25, 0.3) is 0 Å². The summed E-state index contributed by atoms with van der Waals surface area (Å²) in [7, 11) is 0. The Labute approximate surface area is 241 Å². The normalized spacial score (nSPS) is 23.1. The molecule has 0 bridgehead atoms. The van der Waals surface area contributed by atoms with Crippen molar-refractivity contribution in [1.82, 2.24) is 10.4 Å². The number of amides is 1. The van der Waals surface area contributed by atoms with Crippen molar-refractivity contribution >= 4 is 56.8 Å². The fraction of sp³-hybridized carbons (Fsp3) is 0.440. The molecule has 1 amide bonds. The fourth-order valence-corrected chi connectivity index (χ4v) is 5.90. The molecule has 2 aromatic carbocycles. The summed E-state index contributed by atoms with van der Waals surface area (Å²) >= 11 is 21.4. The highest BCUT2D eigenvalue weighted by Crippen LogP contribution is 2.53. The number of carbonyl (C=O) groups is 1. The summed E-state index contributed by atoms with van der Waals surface area (Å²) in [6.07, 6.45) is -5.84. The van der Waals surface area contributed by atoms with Gasteiger partial charge in [0, 0.05) is 24.0 Å². The highest BCUT2D eigenvalue weighted by atomic mass is 79.9. The minimum absolute atomic E-state index is 0.0518. The van der Waals surface area contributed by atoms with E-state index in [4.69, 9.17) is 44.4 Å². The predicted octanol–water partition coefficient (Wildman–Crippen LogP) is 7.85. The molecule has 0 saturated carbocycles. The molecule has 2 atom stereocenters. The number of hydroxylamine groups is 1. The van der Waals surface area contributed by atoms with Crippen LogP contribution in [-0.4, -0.2) is 35.9 Å². The zero-order valence-corrected chi connectivity index (χ0v) is 24.2. The molecule has 2 aliphatic heterocycles. The maximum absolute atomic E-state index is 14.4. The van der Waals surface area contributed by atoms with Crippen molar-refractivity contribution in [3.8, 4) is 6.07 Å². The Morgan fingerprint density at radius 2 is 1.79 bits per heavy atom. The molecule has 4 rings (SSSR count). The van der Waals surface area contributed by atoms with Crippen LogP contribution in [-0.2, 0) is 20.6 Å². The summed E-state index contributed by atoms with van der Waals surface area (Å²) in [5.74, 6) is 0. The monoisotopic (exact) mass is 653 g/mol. The second-order valence-electron chi connectivity index (χ2n) is 10.3. The van der Waals surface area contributed by atoms with Crippen molar-refractivity contribution in [2.45, 2.75) is 56.0 Å². The molecule has 204 valence electrons. The smallest absolute Gasteiger partial charge is 0.423 e. The summed E-state index contributed by atoms with van der Waals surface area (Å²) in [4.78, 5) is 19.0. The van der Waals surface area contributed by atoms with Crippen molar-refractivity contribution < 1.29 is 27.5 Å². The second kappa shape index (κ2) is 10.0. The molecule has 0 aliphatic carbocycles. The van der Waals surface area contributed by atoms with Gasteiger partial charge >= 0.3 is 12.3 Å². The first kappa shape index (κ1) is 29.2. The lowest BCUT2D eigenvalue weighted by molar-refractivity contribution is -0.282. The van der Waals surface area contributed by atoms with Gasteiger partial charge in [0.2, 0.25) is 5.60 Å². The molecular weight excluding hydrogens is 634 g/mol. The minimum Gasteiger partial charge on any atom is -0.444 e. The number of alkyl halides is 3. The van der Waals surface area contributed by atoms with Gasteiger partial charge < -0.3 is 9.64 Å². The first-order valence-electron chi connectivity index (χ1n) is 11.4. The Morgan fingerprint density at radius 3 is 2.29 bits per heavy atom. The van der Waals surface area contributed by atoms with E-state index in [-0.39, 0.29) is 33.7 Å². The Morgan fingerprint density at radius 1 is 1.18 bits per heavy atom. The summed E-state index contributed by atoms with van der Waals surface area (Å²) < 4.78 is 49.0. The molecule has 38 heavy (non-hydrogen) atoms. The molecule has 0 radical (unpaired) electrons. The number of nitrogens with one attached hydrogen (secondary N) is 1. The maximum Gasteiger partial charge on any atom is 0.423 e. The Bertz CT molecular complexity index is 1300. The van der Waals surface area contributed by atoms with Crippen molar-refractivity contribution in [2.75, 3.05) is 13.1 Å². The molecule has 2 aromatic rings. The van der Waals surface area contributed by atoms with E-state index in [1.807, 2.05) is 0 Å². The average molecular weight is 656 g/mol. The quantitative estimate of drug-likeness (QED) is 0.341. The summed E-state index contributed by atoms with van der Waals surface area (Å²) in [5, 5.41) is 9.64. The van der Waals surface area contributed by atoms with E-state index in [0.717, 1.165) is 12.1 Å². The van der Waals surface area contributed by atoms with Crippen LogP contribution in [0.2, 0.25) is 15.1 Å². The number of carbonyl (C=O) groups excluding carboxylic acids is 1. The number of likely N-dealkylation sites (tertiary alicyclic amines) is 1. The van der Waals surface area contributed by atoms with Gasteiger partial charge in [-0.15, -0.1) is 0 Å². The van der Waals surface area contributed by atoms with Crippen LogP contribution in [0.15, 0.2) is 34.8 Å². The maximum atomic E-state index is 14.4. The molecular formula is C25H22BrCl3F3N3O3. The van der Waals surface area contributed by atoms with Crippen LogP contribution in [0.1, 0.15) is 49.9 Å². The Balaban J connectivity index is 1.58. The molecule has 13 heteroatoms. The van der Waals surface area contributed by atoms with Crippen molar-refractivity contribution in [3.05, 3.63) is 66.6 Å². The van der Waals surface area contributed by atoms with Crippen molar-refractivity contribution in [2.24, 2.45) is 0 Å². The van der Waals surface area contributed by atoms with Crippen LogP contribution in [0, 0.1) is 11.3 Å². The highest BCUT2D eigenvalue weighted by Gasteiger charge is 2.62. The minimum atomic E-state index is -4.81. The SMILES string of the molecule is CC(C)(C)OC(=O)N1CC(C#N)(c2ccc(C3CC(c4cc(Cl)c(Cl)c(Cl)c4)(C(F)(F)F)ON3)cc2Br)C1. The number of nitrogens with zero attached hydrogens (tertiary/aromatic N) is 2. The highest BCUT2D eigenvalue weighted by molar-refractivity contribution is 9.10. The third-order valence-electron chi connectivity index (χ3n) is 6.47. The molecule has 0 aromatic heterocycles. The van der Waals surface area contributed by atoms with E-state index < -0.39 is 41.3 Å². The number of benzene rings is 2. The van der Waals surface area contributed by atoms with Gasteiger partial charge in [0.05, 0.1) is 27.2 Å². The van der Waals surface area contributed by atoms with Crippen LogP contribution in [0.4, 0.5) is 18.0 Å². The van der Waals surface area contributed by atoms with Gasteiger partial charge in [-0.1, -0.05) is 62.9 Å². The first-order valence-corrected chi connectivity index (χ1v) is 13.3. The largest absolute Gasteiger partial charge is 0.444 e. The first-order chi connectivity index (χ1) is 17.5. The van der Waals surface area contributed by atoms with Gasteiger partial charge in [-0.25, -0.2) is 4.79 Å². The lowest BCUT2D eigenvalue weighted by atomic mass is 9.74. The summed E-state index contributed by atoms with van der Waals surface area (Å²) in [6, 6.07) is 8.54. The number of ether oxygens (including phenoxy) is 1. The summed E-state index contributed by atoms with van der Waals surface area (Å²) in [5.41, 5.74) is -1.06. The van der Waals surface area contributed by atoms with Crippen LogP contribution < -0.4 is 5.48 Å². The fourth-order valence-electron chi connectivity index (χ4n) is 4.53. The van der Waals surface area contributed by atoms with E-state index in [2.05, 4.69) is 27.5 Å². The molecule has 2 unspecified atom stereocenters. The van der Waals surface area contributed by atoms with E-state index >= 15 is 0 Å². The van der Waals surface area contributed by atoms with Crippen molar-refractivity contribution in [1.29, 1.82) is 5.26 Å². The van der Waals surface area contributed by atoms with Crippen LogP contribution >= 0.6 is 50.7 Å². The number of nitriles is 1. The molecule has 2 fully saturated rings. The zero-order valence-electron chi connectivity index (χ0n) is 20.4. The van der Waals surface area contributed by atoms with Crippen LogP contribution in [0.3, 0.4) is 0 Å². The van der Waals surface area contributed by atoms with Crippen molar-refractivity contribution in [3.63, 3.8) is 0 Å². The summed E-state index contributed by atoms with van der Waals surface area (Å²) in [6.45, 7) is 5.50. The second-order valence-corrected chi connectivity index (χ2v) is 12.4. The van der Waals surface area contributed by atoms with E-state index in [1.165, 1.54) is 4.90 Å². The lowest BCUT2D eigenvalue weighted by Gasteiger charge is -2.46. The van der Waals surface area contributed by atoms with Crippen LogP contribution in [0.5, 0.6) is 0 Å². The third kappa shape index (κ3) is 5.21. The number of hydrogen-bond acceptors (Lipinski definition) is 5. The zero-order chi connectivity index (χ0) is 28.3. The predicted molar refractivity (Wildman–Crippen MR) is 140 cm³/mol. The number of hydrogen-bond donors (Lipinski definition) is 1. The van der Waals surface area contributed by atoms with E-state index in [9.17, 15) is 23.2 Å². The number of halogens is 7. The lowest BCUT2D eigenvalue weighted by Crippen LogP contribution is -2.61. The third-order valence-corrected chi connectivity index (χ3v) is 8.33. The number of rotatable bonds is 3. The molecule has 1 N–H and O–H groups in total. The van der Waals surface area contributed by atoms with Gasteiger partial charge in [0.25, 0.3) is 0 Å². The van der Waals surface area contributed by atoms with Gasteiger partial charge in [-0.3, -0.25) is 4.84 Å². The molecule has 0 spiro atoms. The topological polar surface area (TPSA) is 74.6 Å². The molecule has 2 heterocycles. The van der Waals surface area contributed by atoms with Gasteiger partial charge in [0.15, 0.2) is 0 Å².